The lowest BCUT2D eigenvalue weighted by molar-refractivity contribution is -0.0392. The second kappa shape index (κ2) is 2.97. The smallest absolute Gasteiger partial charge is 0.412 e. The minimum Gasteiger partial charge on any atom is -0.417 e. The zero-order chi connectivity index (χ0) is 10.4. The molecule has 78 valence electrons. The number of carbonyl (C=O) groups is 1. The SMILES string of the molecule is O=C1OC(O)C2Cc3ccccc3CN12. The standard InChI is InChI=1S/C11H11NO3/c13-10-9-5-7-3-1-2-4-8(7)6-12(9)11(14)15-10/h1-4,9-10,13H,5-6H2. The number of rotatable bonds is 0. The van der Waals surface area contributed by atoms with Crippen LogP contribution in [0.3, 0.4) is 0 Å². The van der Waals surface area contributed by atoms with E-state index in [0.29, 0.717) is 13.0 Å². The monoisotopic (exact) mass is 205 g/mol. The molecule has 0 aromatic heterocycles. The fourth-order valence-electron chi connectivity index (χ4n) is 2.25. The Hall–Kier alpha value is -1.55. The molecule has 3 rings (SSSR count). The molecule has 2 aliphatic rings. The van der Waals surface area contributed by atoms with Gasteiger partial charge in [0.1, 0.15) is 6.04 Å². The highest BCUT2D eigenvalue weighted by molar-refractivity contribution is 5.71. The summed E-state index contributed by atoms with van der Waals surface area (Å²) in [6, 6.07) is 7.74. The lowest BCUT2D eigenvalue weighted by Gasteiger charge is -2.29. The van der Waals surface area contributed by atoms with Gasteiger partial charge in [0.15, 0.2) is 0 Å². The summed E-state index contributed by atoms with van der Waals surface area (Å²) >= 11 is 0. The third kappa shape index (κ3) is 1.22. The summed E-state index contributed by atoms with van der Waals surface area (Å²) in [5.74, 6) is 0. The Morgan fingerprint density at radius 2 is 2.07 bits per heavy atom. The number of hydrogen-bond acceptors (Lipinski definition) is 3. The molecule has 0 saturated carbocycles. The van der Waals surface area contributed by atoms with E-state index in [9.17, 15) is 9.90 Å². The molecule has 0 spiro atoms. The van der Waals surface area contributed by atoms with Crippen molar-refractivity contribution in [1.29, 1.82) is 0 Å². The first-order chi connectivity index (χ1) is 7.25. The zero-order valence-electron chi connectivity index (χ0n) is 8.09. The Kier molecular flexibility index (Phi) is 1.73. The molecule has 1 N–H and O–H groups in total. The van der Waals surface area contributed by atoms with E-state index in [1.165, 1.54) is 5.56 Å². The third-order valence-corrected chi connectivity index (χ3v) is 3.07. The highest BCUT2D eigenvalue weighted by Gasteiger charge is 2.43. The van der Waals surface area contributed by atoms with E-state index in [4.69, 9.17) is 4.74 Å². The minimum absolute atomic E-state index is 0.215. The van der Waals surface area contributed by atoms with Gasteiger partial charge >= 0.3 is 6.09 Å². The number of aliphatic hydroxyl groups excluding tert-OH is 1. The van der Waals surface area contributed by atoms with E-state index >= 15 is 0 Å². The van der Waals surface area contributed by atoms with Crippen molar-refractivity contribution >= 4 is 6.09 Å². The summed E-state index contributed by atoms with van der Waals surface area (Å²) in [6.07, 6.45) is -0.726. The van der Waals surface area contributed by atoms with Crippen LogP contribution in [-0.4, -0.2) is 28.4 Å². The van der Waals surface area contributed by atoms with Crippen LogP contribution in [0.15, 0.2) is 24.3 Å². The van der Waals surface area contributed by atoms with Crippen molar-refractivity contribution in [3.63, 3.8) is 0 Å². The van der Waals surface area contributed by atoms with E-state index in [2.05, 4.69) is 0 Å². The van der Waals surface area contributed by atoms with Crippen molar-refractivity contribution in [2.75, 3.05) is 0 Å². The van der Waals surface area contributed by atoms with Crippen molar-refractivity contribution in [2.45, 2.75) is 25.3 Å². The van der Waals surface area contributed by atoms with Gasteiger partial charge < -0.3 is 9.84 Å². The van der Waals surface area contributed by atoms with Crippen molar-refractivity contribution in [3.05, 3.63) is 35.4 Å². The average Bonchev–Trinajstić information content (AvgIpc) is 2.52. The molecule has 1 aromatic carbocycles. The quantitative estimate of drug-likeness (QED) is 0.684. The molecule has 0 bridgehead atoms. The van der Waals surface area contributed by atoms with Crippen LogP contribution >= 0.6 is 0 Å². The number of ether oxygens (including phenoxy) is 1. The van der Waals surface area contributed by atoms with E-state index in [0.717, 1.165) is 5.56 Å². The average molecular weight is 205 g/mol. The van der Waals surface area contributed by atoms with Gasteiger partial charge in [-0.2, -0.15) is 0 Å². The van der Waals surface area contributed by atoms with Gasteiger partial charge in [0, 0.05) is 6.54 Å². The molecule has 15 heavy (non-hydrogen) atoms. The molecule has 1 saturated heterocycles. The Morgan fingerprint density at radius 3 is 2.87 bits per heavy atom. The molecule has 1 aromatic rings. The summed E-state index contributed by atoms with van der Waals surface area (Å²) in [6.45, 7) is 0.538. The Morgan fingerprint density at radius 1 is 1.33 bits per heavy atom. The third-order valence-electron chi connectivity index (χ3n) is 3.07. The van der Waals surface area contributed by atoms with Crippen molar-refractivity contribution in [2.24, 2.45) is 0 Å². The van der Waals surface area contributed by atoms with Gasteiger partial charge in [-0.1, -0.05) is 24.3 Å². The second-order valence-corrected chi connectivity index (χ2v) is 3.94. The normalized spacial score (nSPS) is 28.3. The lowest BCUT2D eigenvalue weighted by atomic mass is 9.95. The van der Waals surface area contributed by atoms with Gasteiger partial charge in [-0.15, -0.1) is 0 Å². The van der Waals surface area contributed by atoms with Crippen LogP contribution in [0.5, 0.6) is 0 Å². The zero-order valence-corrected chi connectivity index (χ0v) is 8.09. The van der Waals surface area contributed by atoms with E-state index in [1.54, 1.807) is 4.90 Å². The summed E-state index contributed by atoms with van der Waals surface area (Å²) in [7, 11) is 0. The van der Waals surface area contributed by atoms with E-state index in [-0.39, 0.29) is 6.04 Å². The summed E-state index contributed by atoms with van der Waals surface area (Å²) in [4.78, 5) is 13.0. The van der Waals surface area contributed by atoms with Crippen LogP contribution in [0.1, 0.15) is 11.1 Å². The van der Waals surface area contributed by atoms with Crippen LogP contribution in [0, 0.1) is 0 Å². The minimum atomic E-state index is -0.981. The van der Waals surface area contributed by atoms with Crippen LogP contribution in [-0.2, 0) is 17.7 Å². The van der Waals surface area contributed by atoms with E-state index in [1.807, 2.05) is 24.3 Å². The fraction of sp³-hybridized carbons (Fsp3) is 0.364. The van der Waals surface area contributed by atoms with Crippen molar-refractivity contribution < 1.29 is 14.6 Å². The lowest BCUT2D eigenvalue weighted by Crippen LogP contribution is -2.41. The number of cyclic esters (lactones) is 1. The number of benzene rings is 1. The highest BCUT2D eigenvalue weighted by atomic mass is 16.7. The summed E-state index contributed by atoms with van der Waals surface area (Å²) in [5, 5.41) is 9.54. The molecule has 0 aliphatic carbocycles. The predicted molar refractivity (Wildman–Crippen MR) is 52.0 cm³/mol. The molecular formula is C11H11NO3. The fourth-order valence-corrected chi connectivity index (χ4v) is 2.25. The van der Waals surface area contributed by atoms with Gasteiger partial charge in [-0.25, -0.2) is 4.79 Å². The first-order valence-electron chi connectivity index (χ1n) is 4.98. The maximum atomic E-state index is 11.4. The Labute approximate surface area is 87.1 Å². The van der Waals surface area contributed by atoms with Crippen LogP contribution in [0.4, 0.5) is 4.79 Å². The molecule has 2 atom stereocenters. The summed E-state index contributed by atoms with van der Waals surface area (Å²) in [5.41, 5.74) is 2.33. The second-order valence-electron chi connectivity index (χ2n) is 3.94. The topological polar surface area (TPSA) is 49.8 Å². The molecule has 4 nitrogen and oxygen atoms in total. The highest BCUT2D eigenvalue weighted by Crippen LogP contribution is 2.29. The number of hydrogen-bond donors (Lipinski definition) is 1. The molecule has 4 heteroatoms. The number of aliphatic hydroxyl groups is 1. The molecule has 1 amide bonds. The van der Waals surface area contributed by atoms with Crippen LogP contribution in [0.25, 0.3) is 0 Å². The maximum absolute atomic E-state index is 11.4. The number of fused-ring (bicyclic) bond motifs is 2. The molecule has 2 unspecified atom stereocenters. The molecule has 2 heterocycles. The first kappa shape index (κ1) is 8.73. The Bertz CT molecular complexity index is 418. The number of nitrogens with zero attached hydrogens (tertiary/aromatic N) is 1. The summed E-state index contributed by atoms with van der Waals surface area (Å²) < 4.78 is 4.78. The number of carbonyl (C=O) groups excluding carboxylic acids is 1. The van der Waals surface area contributed by atoms with Gasteiger partial charge in [-0.05, 0) is 17.5 Å². The predicted octanol–water partition coefficient (Wildman–Crippen LogP) is 0.882. The van der Waals surface area contributed by atoms with Crippen molar-refractivity contribution in [3.8, 4) is 0 Å². The first-order valence-corrected chi connectivity index (χ1v) is 4.98. The largest absolute Gasteiger partial charge is 0.417 e. The van der Waals surface area contributed by atoms with Gasteiger partial charge in [-0.3, -0.25) is 4.90 Å². The molecular weight excluding hydrogens is 194 g/mol. The van der Waals surface area contributed by atoms with Gasteiger partial charge in [0.05, 0.1) is 0 Å². The van der Waals surface area contributed by atoms with E-state index < -0.39 is 12.4 Å². The van der Waals surface area contributed by atoms with Crippen LogP contribution in [0.2, 0.25) is 0 Å². The maximum Gasteiger partial charge on any atom is 0.412 e. The molecule has 2 aliphatic heterocycles. The Balaban J connectivity index is 1.99. The molecule has 1 fully saturated rings. The van der Waals surface area contributed by atoms with Crippen molar-refractivity contribution in [1.82, 2.24) is 4.90 Å². The number of amides is 1. The van der Waals surface area contributed by atoms with Gasteiger partial charge in [0.2, 0.25) is 6.29 Å². The van der Waals surface area contributed by atoms with Gasteiger partial charge in [0.25, 0.3) is 0 Å². The molecule has 0 radical (unpaired) electrons. The van der Waals surface area contributed by atoms with Crippen LogP contribution < -0.4 is 0 Å².